The summed E-state index contributed by atoms with van der Waals surface area (Å²) in [4.78, 5) is 8.39. The van der Waals surface area contributed by atoms with E-state index in [0.717, 1.165) is 10.8 Å². The molecule has 0 bridgehead atoms. The van der Waals surface area contributed by atoms with E-state index in [4.69, 9.17) is 0 Å². The fourth-order valence-electron chi connectivity index (χ4n) is 1.59. The number of thioether (sulfide) groups is 2. The lowest BCUT2D eigenvalue weighted by molar-refractivity contribution is 0.681. The third kappa shape index (κ3) is 3.28. The van der Waals surface area contributed by atoms with E-state index in [9.17, 15) is 0 Å². The van der Waals surface area contributed by atoms with Gasteiger partial charge in [-0.15, -0.1) is 11.8 Å². The van der Waals surface area contributed by atoms with Crippen LogP contribution in [0.3, 0.4) is 0 Å². The number of hydrogen-bond acceptors (Lipinski definition) is 5. The monoisotopic (exact) mass is 241 g/mol. The van der Waals surface area contributed by atoms with Crippen LogP contribution in [0.2, 0.25) is 0 Å². The topological polar surface area (TPSA) is 37.8 Å². The first-order chi connectivity index (χ1) is 7.38. The molecule has 1 fully saturated rings. The summed E-state index contributed by atoms with van der Waals surface area (Å²) in [7, 11) is 0. The van der Waals surface area contributed by atoms with Gasteiger partial charge in [-0.1, -0.05) is 0 Å². The summed E-state index contributed by atoms with van der Waals surface area (Å²) in [6.07, 6.45) is 6.22. The van der Waals surface area contributed by atoms with Crippen molar-refractivity contribution in [2.75, 3.05) is 23.1 Å². The second-order valence-corrected chi connectivity index (χ2v) is 5.48. The molecule has 0 radical (unpaired) electrons. The predicted molar refractivity (Wildman–Crippen MR) is 67.8 cm³/mol. The summed E-state index contributed by atoms with van der Waals surface area (Å²) in [5.74, 6) is 3.46. The van der Waals surface area contributed by atoms with Crippen LogP contribution in [0.15, 0.2) is 17.4 Å². The largest absolute Gasteiger partial charge is 0.366 e. The average molecular weight is 241 g/mol. The van der Waals surface area contributed by atoms with Crippen LogP contribution < -0.4 is 5.32 Å². The smallest absolute Gasteiger partial charge is 0.130 e. The van der Waals surface area contributed by atoms with Crippen molar-refractivity contribution in [3.63, 3.8) is 0 Å². The van der Waals surface area contributed by atoms with Crippen molar-refractivity contribution in [1.82, 2.24) is 9.97 Å². The van der Waals surface area contributed by atoms with Gasteiger partial charge in [-0.25, -0.2) is 9.97 Å². The highest BCUT2D eigenvalue weighted by molar-refractivity contribution is 7.99. The maximum absolute atomic E-state index is 4.24. The van der Waals surface area contributed by atoms with Crippen LogP contribution in [0.25, 0.3) is 0 Å². The number of nitrogens with zero attached hydrogens (tertiary/aromatic N) is 2. The highest BCUT2D eigenvalue weighted by atomic mass is 32.2. The molecule has 0 aliphatic carbocycles. The van der Waals surface area contributed by atoms with Crippen molar-refractivity contribution in [2.24, 2.45) is 0 Å². The zero-order valence-corrected chi connectivity index (χ0v) is 10.4. The van der Waals surface area contributed by atoms with E-state index < -0.39 is 0 Å². The summed E-state index contributed by atoms with van der Waals surface area (Å²) in [6.45, 7) is 0. The molecule has 2 heterocycles. The first-order valence-corrected chi connectivity index (χ1v) is 7.47. The molecule has 1 unspecified atom stereocenters. The van der Waals surface area contributed by atoms with Gasteiger partial charge in [0.1, 0.15) is 17.2 Å². The normalized spacial score (nSPS) is 21.3. The Labute approximate surface area is 98.9 Å². The van der Waals surface area contributed by atoms with E-state index in [2.05, 4.69) is 15.3 Å². The van der Waals surface area contributed by atoms with Crippen molar-refractivity contribution in [3.05, 3.63) is 12.4 Å². The lowest BCUT2D eigenvalue weighted by Crippen LogP contribution is -2.26. The molecule has 0 spiro atoms. The Morgan fingerprint density at radius 2 is 2.47 bits per heavy atom. The summed E-state index contributed by atoms with van der Waals surface area (Å²) >= 11 is 3.67. The maximum Gasteiger partial charge on any atom is 0.130 e. The van der Waals surface area contributed by atoms with Gasteiger partial charge in [0.25, 0.3) is 0 Å². The van der Waals surface area contributed by atoms with Crippen LogP contribution in [-0.4, -0.2) is 33.8 Å². The molecule has 5 heteroatoms. The van der Waals surface area contributed by atoms with Gasteiger partial charge in [-0.3, -0.25) is 0 Å². The molecule has 1 aromatic rings. The van der Waals surface area contributed by atoms with Crippen molar-refractivity contribution in [3.8, 4) is 0 Å². The van der Waals surface area contributed by atoms with Crippen LogP contribution in [0.5, 0.6) is 0 Å². The Balaban J connectivity index is 1.96. The molecule has 1 atom stereocenters. The van der Waals surface area contributed by atoms with Crippen LogP contribution in [-0.2, 0) is 0 Å². The summed E-state index contributed by atoms with van der Waals surface area (Å²) < 4.78 is 0. The van der Waals surface area contributed by atoms with Gasteiger partial charge in [-0.05, 0) is 24.9 Å². The van der Waals surface area contributed by atoms with Crippen molar-refractivity contribution < 1.29 is 0 Å². The minimum absolute atomic E-state index is 0.577. The van der Waals surface area contributed by atoms with Gasteiger partial charge in [-0.2, -0.15) is 11.8 Å². The van der Waals surface area contributed by atoms with Gasteiger partial charge in [0.2, 0.25) is 0 Å². The second-order valence-electron chi connectivity index (χ2n) is 3.50. The Morgan fingerprint density at radius 1 is 1.53 bits per heavy atom. The van der Waals surface area contributed by atoms with Crippen LogP contribution in [0, 0.1) is 0 Å². The van der Waals surface area contributed by atoms with Gasteiger partial charge in [0.05, 0.1) is 0 Å². The zero-order valence-electron chi connectivity index (χ0n) is 8.77. The fourth-order valence-corrected chi connectivity index (χ4v) is 3.05. The lowest BCUT2D eigenvalue weighted by Gasteiger charge is -2.22. The molecule has 82 valence electrons. The Morgan fingerprint density at radius 3 is 3.20 bits per heavy atom. The fraction of sp³-hybridized carbons (Fsp3) is 0.600. The molecular formula is C10H15N3S2. The van der Waals surface area contributed by atoms with E-state index in [1.807, 2.05) is 24.1 Å². The molecule has 15 heavy (non-hydrogen) atoms. The quantitative estimate of drug-likeness (QED) is 0.650. The van der Waals surface area contributed by atoms with E-state index in [1.165, 1.54) is 24.3 Å². The Bertz CT molecular complexity index is 313. The van der Waals surface area contributed by atoms with Crippen molar-refractivity contribution in [2.45, 2.75) is 23.9 Å². The number of anilines is 1. The van der Waals surface area contributed by atoms with E-state index in [1.54, 1.807) is 18.1 Å². The minimum Gasteiger partial charge on any atom is -0.366 e. The number of rotatable bonds is 3. The first kappa shape index (κ1) is 11.1. The third-order valence-corrected chi connectivity index (χ3v) is 4.22. The number of nitrogens with one attached hydrogen (secondary N) is 1. The SMILES string of the molecule is CSc1cc(NC2CCCSC2)ncn1. The van der Waals surface area contributed by atoms with Crippen molar-refractivity contribution in [1.29, 1.82) is 0 Å². The third-order valence-electron chi connectivity index (χ3n) is 2.36. The summed E-state index contributed by atoms with van der Waals surface area (Å²) in [5.41, 5.74) is 0. The lowest BCUT2D eigenvalue weighted by atomic mass is 10.2. The van der Waals surface area contributed by atoms with Crippen molar-refractivity contribution >= 4 is 29.3 Å². The highest BCUT2D eigenvalue weighted by Gasteiger charge is 2.13. The molecule has 1 aromatic heterocycles. The van der Waals surface area contributed by atoms with Gasteiger partial charge < -0.3 is 5.32 Å². The number of aromatic nitrogens is 2. The van der Waals surface area contributed by atoms with Crippen LogP contribution in [0.4, 0.5) is 5.82 Å². The van der Waals surface area contributed by atoms with Gasteiger partial charge in [0.15, 0.2) is 0 Å². The minimum atomic E-state index is 0.577. The molecule has 0 amide bonds. The standard InChI is InChI=1S/C10H15N3S2/c1-14-10-5-9(11-7-12-10)13-8-3-2-4-15-6-8/h5,7-8H,2-4,6H2,1H3,(H,11,12,13). The molecule has 1 saturated heterocycles. The molecule has 1 aliphatic rings. The van der Waals surface area contributed by atoms with E-state index >= 15 is 0 Å². The molecule has 0 aromatic carbocycles. The summed E-state index contributed by atoms with van der Waals surface area (Å²) in [6, 6.07) is 2.59. The van der Waals surface area contributed by atoms with E-state index in [-0.39, 0.29) is 0 Å². The zero-order chi connectivity index (χ0) is 10.5. The van der Waals surface area contributed by atoms with Gasteiger partial charge >= 0.3 is 0 Å². The molecule has 0 saturated carbocycles. The van der Waals surface area contributed by atoms with E-state index in [0.29, 0.717) is 6.04 Å². The predicted octanol–water partition coefficient (Wildman–Crippen LogP) is 2.51. The Kier molecular flexibility index (Phi) is 4.14. The highest BCUT2D eigenvalue weighted by Crippen LogP contribution is 2.21. The van der Waals surface area contributed by atoms with Crippen LogP contribution in [0.1, 0.15) is 12.8 Å². The van der Waals surface area contributed by atoms with Crippen LogP contribution >= 0.6 is 23.5 Å². The molecular weight excluding hydrogens is 226 g/mol. The molecule has 3 nitrogen and oxygen atoms in total. The Hall–Kier alpha value is -0.420. The second kappa shape index (κ2) is 5.61. The maximum atomic E-state index is 4.24. The average Bonchev–Trinajstić information content (AvgIpc) is 2.31. The molecule has 1 N–H and O–H groups in total. The molecule has 2 rings (SSSR count). The number of hydrogen-bond donors (Lipinski definition) is 1. The summed E-state index contributed by atoms with van der Waals surface area (Å²) in [5, 5.41) is 4.49. The van der Waals surface area contributed by atoms with Gasteiger partial charge in [0, 0.05) is 17.9 Å². The molecule has 1 aliphatic heterocycles. The first-order valence-electron chi connectivity index (χ1n) is 5.09.